The van der Waals surface area contributed by atoms with E-state index < -0.39 is 0 Å². The molecule has 3 aromatic rings. The Kier molecular flexibility index (Phi) is 4.48. The minimum atomic E-state index is -0.310. The zero-order valence-corrected chi connectivity index (χ0v) is 13.5. The number of aromatic nitrogens is 4. The summed E-state index contributed by atoms with van der Waals surface area (Å²) < 4.78 is 1.81. The van der Waals surface area contributed by atoms with E-state index in [4.69, 9.17) is 0 Å². The third-order valence-electron chi connectivity index (χ3n) is 4.20. The number of nitrogens with one attached hydrogen (secondary N) is 1. The molecule has 3 rings (SSSR count). The maximum atomic E-state index is 4.29. The average Bonchev–Trinajstić information content (AvgIpc) is 3.12. The molecule has 0 radical (unpaired) electrons. The molecule has 0 aliphatic heterocycles. The number of para-hydroxylation sites is 1. The second-order valence-electron chi connectivity index (χ2n) is 5.77. The molecule has 1 atom stereocenters. The van der Waals surface area contributed by atoms with Gasteiger partial charge in [0.15, 0.2) is 5.82 Å². The lowest BCUT2D eigenvalue weighted by Gasteiger charge is -2.28. The number of rotatable bonds is 6. The van der Waals surface area contributed by atoms with Crippen molar-refractivity contribution in [2.24, 2.45) is 0 Å². The first-order valence-electron chi connectivity index (χ1n) is 7.86. The van der Waals surface area contributed by atoms with Gasteiger partial charge < -0.3 is 5.32 Å². The zero-order chi connectivity index (χ0) is 16.1. The summed E-state index contributed by atoms with van der Waals surface area (Å²) in [5, 5.41) is 16.0. The highest BCUT2D eigenvalue weighted by atomic mass is 15.6. The lowest BCUT2D eigenvalue weighted by Crippen LogP contribution is -2.41. The van der Waals surface area contributed by atoms with E-state index in [0.29, 0.717) is 0 Å². The predicted molar refractivity (Wildman–Crippen MR) is 90.1 cm³/mol. The fraction of sp³-hybridized carbons (Fsp3) is 0.278. The average molecular weight is 307 g/mol. The standard InChI is InChI=1S/C18H21N5/c1-3-18(2,19-14-15-10-6-4-7-11-15)17-20-21-22-23(17)16-12-8-5-9-13-16/h4-13,19H,3,14H2,1-2H3/t18-/m0/s1. The summed E-state index contributed by atoms with van der Waals surface area (Å²) in [6.45, 7) is 5.05. The molecule has 2 aromatic carbocycles. The Hall–Kier alpha value is -2.53. The van der Waals surface area contributed by atoms with Crippen LogP contribution < -0.4 is 5.32 Å². The molecule has 0 aliphatic rings. The summed E-state index contributed by atoms with van der Waals surface area (Å²) in [4.78, 5) is 0. The molecular formula is C18H21N5. The van der Waals surface area contributed by atoms with E-state index in [2.05, 4.69) is 46.8 Å². The molecular weight excluding hydrogens is 286 g/mol. The number of benzene rings is 2. The summed E-state index contributed by atoms with van der Waals surface area (Å²) >= 11 is 0. The highest BCUT2D eigenvalue weighted by Crippen LogP contribution is 2.24. The first kappa shape index (κ1) is 15.4. The van der Waals surface area contributed by atoms with Crippen molar-refractivity contribution in [3.05, 3.63) is 72.1 Å². The number of hydrogen-bond donors (Lipinski definition) is 1. The van der Waals surface area contributed by atoms with Gasteiger partial charge in [-0.2, -0.15) is 4.68 Å². The molecule has 1 N–H and O–H groups in total. The van der Waals surface area contributed by atoms with Crippen LogP contribution in [0.25, 0.3) is 5.69 Å². The van der Waals surface area contributed by atoms with Crippen LogP contribution in [0.1, 0.15) is 31.7 Å². The quantitative estimate of drug-likeness (QED) is 0.760. The summed E-state index contributed by atoms with van der Waals surface area (Å²) in [7, 11) is 0. The van der Waals surface area contributed by atoms with Gasteiger partial charge in [-0.3, -0.25) is 0 Å². The molecule has 118 valence electrons. The Bertz CT molecular complexity index is 738. The normalized spacial score (nSPS) is 13.7. The van der Waals surface area contributed by atoms with Crippen LogP contribution >= 0.6 is 0 Å². The first-order valence-corrected chi connectivity index (χ1v) is 7.86. The predicted octanol–water partition coefficient (Wildman–Crippen LogP) is 3.08. The topological polar surface area (TPSA) is 55.6 Å². The summed E-state index contributed by atoms with van der Waals surface area (Å²) in [5.41, 5.74) is 1.90. The Balaban J connectivity index is 1.87. The van der Waals surface area contributed by atoms with Crippen LogP contribution in [0.5, 0.6) is 0 Å². The number of nitrogens with zero attached hydrogens (tertiary/aromatic N) is 4. The lowest BCUT2D eigenvalue weighted by atomic mass is 9.97. The van der Waals surface area contributed by atoms with Crippen molar-refractivity contribution in [3.8, 4) is 5.69 Å². The molecule has 1 heterocycles. The molecule has 0 spiro atoms. The molecule has 0 saturated carbocycles. The Morgan fingerprint density at radius 1 is 1.00 bits per heavy atom. The van der Waals surface area contributed by atoms with Gasteiger partial charge in [0.2, 0.25) is 0 Å². The molecule has 0 saturated heterocycles. The van der Waals surface area contributed by atoms with E-state index in [9.17, 15) is 0 Å². The molecule has 23 heavy (non-hydrogen) atoms. The molecule has 5 heteroatoms. The van der Waals surface area contributed by atoms with E-state index in [1.165, 1.54) is 5.56 Å². The van der Waals surface area contributed by atoms with Crippen LogP contribution in [0.3, 0.4) is 0 Å². The Labute approximate surface area is 136 Å². The molecule has 0 bridgehead atoms. The van der Waals surface area contributed by atoms with Gasteiger partial charge in [-0.15, -0.1) is 5.10 Å². The second kappa shape index (κ2) is 6.71. The van der Waals surface area contributed by atoms with Crippen LogP contribution in [-0.2, 0) is 12.1 Å². The molecule has 0 unspecified atom stereocenters. The van der Waals surface area contributed by atoms with Gasteiger partial charge in [-0.05, 0) is 41.5 Å². The molecule has 1 aromatic heterocycles. The van der Waals surface area contributed by atoms with Gasteiger partial charge in [0, 0.05) is 6.54 Å². The zero-order valence-electron chi connectivity index (χ0n) is 13.5. The number of tetrazole rings is 1. The van der Waals surface area contributed by atoms with E-state index in [0.717, 1.165) is 24.5 Å². The number of hydrogen-bond acceptors (Lipinski definition) is 4. The van der Waals surface area contributed by atoms with Gasteiger partial charge in [0.05, 0.1) is 11.2 Å². The van der Waals surface area contributed by atoms with E-state index in [1.54, 1.807) is 0 Å². The van der Waals surface area contributed by atoms with Crippen molar-refractivity contribution >= 4 is 0 Å². The van der Waals surface area contributed by atoms with Crippen LogP contribution in [-0.4, -0.2) is 20.2 Å². The monoisotopic (exact) mass is 307 g/mol. The minimum absolute atomic E-state index is 0.310. The molecule has 0 fully saturated rings. The van der Waals surface area contributed by atoms with Crippen LogP contribution in [0.4, 0.5) is 0 Å². The van der Waals surface area contributed by atoms with Gasteiger partial charge in [-0.25, -0.2) is 0 Å². The Morgan fingerprint density at radius 2 is 1.65 bits per heavy atom. The SMILES string of the molecule is CC[C@](C)(NCc1ccccc1)c1nnnn1-c1ccccc1. The summed E-state index contributed by atoms with van der Waals surface area (Å²) in [5.74, 6) is 0.821. The van der Waals surface area contributed by atoms with Crippen LogP contribution in [0.2, 0.25) is 0 Å². The van der Waals surface area contributed by atoms with Crippen molar-refractivity contribution in [2.75, 3.05) is 0 Å². The van der Waals surface area contributed by atoms with E-state index >= 15 is 0 Å². The van der Waals surface area contributed by atoms with Crippen molar-refractivity contribution < 1.29 is 0 Å². The fourth-order valence-corrected chi connectivity index (χ4v) is 2.53. The molecule has 5 nitrogen and oxygen atoms in total. The van der Waals surface area contributed by atoms with Crippen molar-refractivity contribution in [3.63, 3.8) is 0 Å². The maximum absolute atomic E-state index is 4.29. The highest BCUT2D eigenvalue weighted by Gasteiger charge is 2.30. The summed E-state index contributed by atoms with van der Waals surface area (Å²) in [6, 6.07) is 20.3. The van der Waals surface area contributed by atoms with E-state index in [-0.39, 0.29) is 5.54 Å². The van der Waals surface area contributed by atoms with Crippen molar-refractivity contribution in [1.82, 2.24) is 25.5 Å². The second-order valence-corrected chi connectivity index (χ2v) is 5.77. The van der Waals surface area contributed by atoms with E-state index in [1.807, 2.05) is 53.2 Å². The van der Waals surface area contributed by atoms with Crippen LogP contribution in [0, 0.1) is 0 Å². The first-order chi connectivity index (χ1) is 11.2. The largest absolute Gasteiger partial charge is 0.301 e. The van der Waals surface area contributed by atoms with Crippen LogP contribution in [0.15, 0.2) is 60.7 Å². The van der Waals surface area contributed by atoms with Gasteiger partial charge >= 0.3 is 0 Å². The third kappa shape index (κ3) is 3.29. The fourth-order valence-electron chi connectivity index (χ4n) is 2.53. The van der Waals surface area contributed by atoms with Gasteiger partial charge in [-0.1, -0.05) is 55.5 Å². The summed E-state index contributed by atoms with van der Waals surface area (Å²) in [6.07, 6.45) is 0.882. The third-order valence-corrected chi connectivity index (χ3v) is 4.20. The minimum Gasteiger partial charge on any atom is -0.301 e. The smallest absolute Gasteiger partial charge is 0.176 e. The highest BCUT2D eigenvalue weighted by molar-refractivity contribution is 5.31. The molecule has 0 amide bonds. The van der Waals surface area contributed by atoms with Gasteiger partial charge in [0.1, 0.15) is 0 Å². The Morgan fingerprint density at radius 3 is 2.30 bits per heavy atom. The van der Waals surface area contributed by atoms with Gasteiger partial charge in [0.25, 0.3) is 0 Å². The lowest BCUT2D eigenvalue weighted by molar-refractivity contribution is 0.324. The molecule has 0 aliphatic carbocycles. The maximum Gasteiger partial charge on any atom is 0.176 e. The van der Waals surface area contributed by atoms with Crippen molar-refractivity contribution in [2.45, 2.75) is 32.4 Å². The van der Waals surface area contributed by atoms with Crippen molar-refractivity contribution in [1.29, 1.82) is 0 Å².